The van der Waals surface area contributed by atoms with Gasteiger partial charge in [0.15, 0.2) is 0 Å². The Bertz CT molecular complexity index is 486. The van der Waals surface area contributed by atoms with Crippen molar-refractivity contribution in [1.82, 2.24) is 15.0 Å². The number of hydrogen-bond acceptors (Lipinski definition) is 3. The molecule has 1 aliphatic rings. The molecule has 1 saturated carbocycles. The van der Waals surface area contributed by atoms with Crippen LogP contribution in [0.4, 0.5) is 5.69 Å². The second kappa shape index (κ2) is 4.20. The molecule has 4 nitrogen and oxygen atoms in total. The first-order valence-corrected chi connectivity index (χ1v) is 6.05. The lowest BCUT2D eigenvalue weighted by molar-refractivity contribution is 0.309. The molecule has 0 amide bonds. The summed E-state index contributed by atoms with van der Waals surface area (Å²) in [5.74, 6) is 0.853. The molecule has 0 unspecified atom stereocenters. The van der Waals surface area contributed by atoms with Crippen molar-refractivity contribution in [3.05, 3.63) is 36.7 Å². The van der Waals surface area contributed by atoms with E-state index in [1.807, 2.05) is 18.3 Å². The van der Waals surface area contributed by atoms with Crippen molar-refractivity contribution in [3.63, 3.8) is 0 Å². The Morgan fingerprint density at radius 3 is 2.82 bits per heavy atom. The summed E-state index contributed by atoms with van der Waals surface area (Å²) in [7, 11) is 0. The van der Waals surface area contributed by atoms with Crippen molar-refractivity contribution in [3.8, 4) is 5.69 Å². The smallest absolute Gasteiger partial charge is 0.0894 e. The third-order valence-electron chi connectivity index (χ3n) is 3.31. The quantitative estimate of drug-likeness (QED) is 0.877. The lowest BCUT2D eigenvalue weighted by Crippen LogP contribution is -2.34. The Labute approximate surface area is 101 Å². The van der Waals surface area contributed by atoms with Crippen molar-refractivity contribution < 1.29 is 0 Å². The van der Waals surface area contributed by atoms with Gasteiger partial charge >= 0.3 is 0 Å². The maximum Gasteiger partial charge on any atom is 0.0894 e. The van der Waals surface area contributed by atoms with Gasteiger partial charge in [0.25, 0.3) is 0 Å². The highest BCUT2D eigenvalue weighted by atomic mass is 15.4. The van der Waals surface area contributed by atoms with Gasteiger partial charge in [-0.3, -0.25) is 0 Å². The van der Waals surface area contributed by atoms with Crippen LogP contribution in [-0.4, -0.2) is 21.0 Å². The second-order valence-electron chi connectivity index (χ2n) is 4.78. The summed E-state index contributed by atoms with van der Waals surface area (Å²) >= 11 is 0. The molecule has 1 aromatic carbocycles. The molecule has 88 valence electrons. The third kappa shape index (κ3) is 2.02. The summed E-state index contributed by atoms with van der Waals surface area (Å²) in [6, 6.07) is 8.82. The zero-order chi connectivity index (χ0) is 11.7. The van der Waals surface area contributed by atoms with Crippen molar-refractivity contribution in [1.29, 1.82) is 0 Å². The summed E-state index contributed by atoms with van der Waals surface area (Å²) in [5.41, 5.74) is 2.19. The average Bonchev–Trinajstić information content (AvgIpc) is 2.81. The van der Waals surface area contributed by atoms with Crippen molar-refractivity contribution in [2.45, 2.75) is 25.8 Å². The molecule has 1 aliphatic carbocycles. The highest BCUT2D eigenvalue weighted by Gasteiger charge is 2.25. The number of nitrogens with one attached hydrogen (secondary N) is 1. The SMILES string of the molecule is CC1CC(Nc2ccccc2-n2ccnn2)C1. The van der Waals surface area contributed by atoms with Gasteiger partial charge in [0.2, 0.25) is 0 Å². The van der Waals surface area contributed by atoms with Gasteiger partial charge < -0.3 is 5.32 Å². The van der Waals surface area contributed by atoms with Gasteiger partial charge in [-0.1, -0.05) is 24.3 Å². The predicted molar refractivity (Wildman–Crippen MR) is 67.2 cm³/mol. The number of para-hydroxylation sites is 2. The molecule has 1 heterocycles. The van der Waals surface area contributed by atoms with Crippen LogP contribution in [-0.2, 0) is 0 Å². The Morgan fingerprint density at radius 2 is 2.12 bits per heavy atom. The standard InChI is InChI=1S/C13H16N4/c1-10-8-11(9-10)15-12-4-2-3-5-13(12)17-7-6-14-16-17/h2-7,10-11,15H,8-9H2,1H3. The molecule has 1 fully saturated rings. The van der Waals surface area contributed by atoms with E-state index in [-0.39, 0.29) is 0 Å². The highest BCUT2D eigenvalue weighted by Crippen LogP contribution is 2.31. The zero-order valence-electron chi connectivity index (χ0n) is 9.87. The van der Waals surface area contributed by atoms with Crippen LogP contribution in [0, 0.1) is 5.92 Å². The van der Waals surface area contributed by atoms with Gasteiger partial charge in [-0.15, -0.1) is 5.10 Å². The van der Waals surface area contributed by atoms with Gasteiger partial charge in [-0.2, -0.15) is 0 Å². The van der Waals surface area contributed by atoms with Crippen LogP contribution in [0.2, 0.25) is 0 Å². The summed E-state index contributed by atoms with van der Waals surface area (Å²) in [4.78, 5) is 0. The molecule has 17 heavy (non-hydrogen) atoms. The van der Waals surface area contributed by atoms with Gasteiger partial charge in [0, 0.05) is 6.04 Å². The van der Waals surface area contributed by atoms with E-state index < -0.39 is 0 Å². The molecule has 1 N–H and O–H groups in total. The monoisotopic (exact) mass is 228 g/mol. The summed E-state index contributed by atoms with van der Waals surface area (Å²) in [6.45, 7) is 2.29. The molecule has 4 heteroatoms. The molecular weight excluding hydrogens is 212 g/mol. The average molecular weight is 228 g/mol. The minimum absolute atomic E-state index is 0.606. The number of aromatic nitrogens is 3. The Hall–Kier alpha value is -1.84. The number of hydrogen-bond donors (Lipinski definition) is 1. The largest absolute Gasteiger partial charge is 0.381 e. The first-order valence-electron chi connectivity index (χ1n) is 6.05. The Kier molecular flexibility index (Phi) is 2.55. The van der Waals surface area contributed by atoms with E-state index in [9.17, 15) is 0 Å². The minimum atomic E-state index is 0.606. The van der Waals surface area contributed by atoms with Crippen LogP contribution < -0.4 is 5.32 Å². The van der Waals surface area contributed by atoms with E-state index in [0.717, 1.165) is 17.3 Å². The lowest BCUT2D eigenvalue weighted by Gasteiger charge is -2.34. The normalized spacial score (nSPS) is 23.1. The predicted octanol–water partition coefficient (Wildman–Crippen LogP) is 2.48. The molecular formula is C13H16N4. The molecule has 0 aliphatic heterocycles. The van der Waals surface area contributed by atoms with Gasteiger partial charge in [0.05, 0.1) is 23.8 Å². The zero-order valence-corrected chi connectivity index (χ0v) is 9.87. The second-order valence-corrected chi connectivity index (χ2v) is 4.78. The number of rotatable bonds is 3. The number of anilines is 1. The Balaban J connectivity index is 1.84. The first kappa shape index (κ1) is 10.3. The fraction of sp³-hybridized carbons (Fsp3) is 0.385. The topological polar surface area (TPSA) is 42.7 Å². The Morgan fingerprint density at radius 1 is 1.29 bits per heavy atom. The maximum absolute atomic E-state index is 4.04. The van der Waals surface area contributed by atoms with Gasteiger partial charge in [-0.05, 0) is 30.9 Å². The van der Waals surface area contributed by atoms with Crippen molar-refractivity contribution in [2.24, 2.45) is 5.92 Å². The first-order chi connectivity index (χ1) is 8.33. The van der Waals surface area contributed by atoms with Gasteiger partial charge in [0.1, 0.15) is 0 Å². The van der Waals surface area contributed by atoms with Crippen LogP contribution in [0.3, 0.4) is 0 Å². The van der Waals surface area contributed by atoms with Gasteiger partial charge in [-0.25, -0.2) is 4.68 Å². The maximum atomic E-state index is 4.04. The fourth-order valence-corrected chi connectivity index (χ4v) is 2.37. The summed E-state index contributed by atoms with van der Waals surface area (Å²) in [5, 5.41) is 11.5. The highest BCUT2D eigenvalue weighted by molar-refractivity contribution is 5.61. The van der Waals surface area contributed by atoms with Crippen molar-refractivity contribution in [2.75, 3.05) is 5.32 Å². The van der Waals surface area contributed by atoms with E-state index in [0.29, 0.717) is 6.04 Å². The van der Waals surface area contributed by atoms with Crippen LogP contribution in [0.5, 0.6) is 0 Å². The van der Waals surface area contributed by atoms with E-state index >= 15 is 0 Å². The summed E-state index contributed by atoms with van der Waals surface area (Å²) in [6.07, 6.45) is 6.07. The molecule has 0 bridgehead atoms. The number of nitrogens with zero attached hydrogens (tertiary/aromatic N) is 3. The molecule has 0 saturated heterocycles. The third-order valence-corrected chi connectivity index (χ3v) is 3.31. The minimum Gasteiger partial charge on any atom is -0.381 e. The molecule has 2 aromatic rings. The van der Waals surface area contributed by atoms with E-state index in [4.69, 9.17) is 0 Å². The van der Waals surface area contributed by atoms with E-state index in [1.165, 1.54) is 12.8 Å². The van der Waals surface area contributed by atoms with Crippen LogP contribution >= 0.6 is 0 Å². The molecule has 0 spiro atoms. The lowest BCUT2D eigenvalue weighted by atomic mass is 9.82. The number of benzene rings is 1. The van der Waals surface area contributed by atoms with Crippen LogP contribution in [0.25, 0.3) is 5.69 Å². The summed E-state index contributed by atoms with van der Waals surface area (Å²) < 4.78 is 1.80. The molecule has 0 atom stereocenters. The van der Waals surface area contributed by atoms with Crippen molar-refractivity contribution >= 4 is 5.69 Å². The van der Waals surface area contributed by atoms with Crippen LogP contribution in [0.1, 0.15) is 19.8 Å². The molecule has 1 aromatic heterocycles. The van der Waals surface area contributed by atoms with E-state index in [2.05, 4.69) is 34.7 Å². The fourth-order valence-electron chi connectivity index (χ4n) is 2.37. The van der Waals surface area contributed by atoms with Crippen LogP contribution in [0.15, 0.2) is 36.7 Å². The molecule has 0 radical (unpaired) electrons. The molecule has 3 rings (SSSR count). The van der Waals surface area contributed by atoms with E-state index in [1.54, 1.807) is 10.9 Å².